The molecule has 0 saturated carbocycles. The summed E-state index contributed by atoms with van der Waals surface area (Å²) >= 11 is 1.44. The van der Waals surface area contributed by atoms with Gasteiger partial charge in [0.1, 0.15) is 5.60 Å². The number of thioether (sulfide) groups is 1. The highest BCUT2D eigenvalue weighted by Crippen LogP contribution is 2.26. The Balaban J connectivity index is 1.92. The van der Waals surface area contributed by atoms with Gasteiger partial charge >= 0.3 is 6.09 Å². The fraction of sp³-hybridized carbons (Fsp3) is 0.500. The Hall–Kier alpha value is -1.89. The van der Waals surface area contributed by atoms with Crippen LogP contribution in [0, 0.1) is 0 Å². The number of anilines is 1. The molecule has 1 aliphatic heterocycles. The Morgan fingerprint density at radius 3 is 2.61 bits per heavy atom. The first-order valence-corrected chi connectivity index (χ1v) is 8.54. The van der Waals surface area contributed by atoms with Crippen molar-refractivity contribution in [2.75, 3.05) is 18.0 Å². The van der Waals surface area contributed by atoms with Crippen LogP contribution in [0.25, 0.3) is 0 Å². The van der Waals surface area contributed by atoms with E-state index in [4.69, 9.17) is 10.5 Å². The summed E-state index contributed by atoms with van der Waals surface area (Å²) in [5.74, 6) is 0.536. The highest BCUT2D eigenvalue weighted by molar-refractivity contribution is 8.00. The van der Waals surface area contributed by atoms with E-state index in [1.807, 2.05) is 32.9 Å². The van der Waals surface area contributed by atoms with Crippen LogP contribution in [0.15, 0.2) is 24.3 Å². The zero-order chi connectivity index (χ0) is 17.0. The minimum Gasteiger partial charge on any atom is -0.444 e. The largest absolute Gasteiger partial charge is 0.444 e. The maximum absolute atomic E-state index is 12.4. The lowest BCUT2D eigenvalue weighted by Crippen LogP contribution is -2.46. The van der Waals surface area contributed by atoms with Crippen molar-refractivity contribution in [3.63, 3.8) is 0 Å². The second-order valence-corrected chi connectivity index (χ2v) is 7.54. The summed E-state index contributed by atoms with van der Waals surface area (Å²) in [6.45, 7) is 6.34. The Kier molecular flexibility index (Phi) is 5.41. The molecule has 1 aromatic carbocycles. The first-order valence-electron chi connectivity index (χ1n) is 7.49. The molecule has 1 fully saturated rings. The molecule has 2 rings (SSSR count). The molecule has 3 N–H and O–H groups in total. The van der Waals surface area contributed by atoms with Crippen molar-refractivity contribution in [2.45, 2.75) is 38.3 Å². The first kappa shape index (κ1) is 17.5. The van der Waals surface area contributed by atoms with Gasteiger partial charge in [-0.2, -0.15) is 0 Å². The third-order valence-electron chi connectivity index (χ3n) is 3.19. The minimum atomic E-state index is -0.574. The topological polar surface area (TPSA) is 84.7 Å². The van der Waals surface area contributed by atoms with Crippen LogP contribution in [0.5, 0.6) is 0 Å². The molecule has 7 heteroatoms. The van der Waals surface area contributed by atoms with Crippen LogP contribution >= 0.6 is 11.8 Å². The fourth-order valence-corrected chi connectivity index (χ4v) is 3.24. The smallest absolute Gasteiger partial charge is 0.411 e. The number of nitrogens with zero attached hydrogens (tertiary/aromatic N) is 1. The standard InChI is InChI=1S/C16H23N3O3S/c1-16(2,3)22-15(21)19-8-9-23-14(19)13(20)18-10-11-4-6-12(17)7-5-11/h4-7,14H,8-10,17H2,1-3H3,(H,18,20). The van der Waals surface area contributed by atoms with Crippen molar-refractivity contribution in [2.24, 2.45) is 0 Å². The lowest BCUT2D eigenvalue weighted by Gasteiger charge is -2.27. The van der Waals surface area contributed by atoms with Gasteiger partial charge in [-0.05, 0) is 38.5 Å². The van der Waals surface area contributed by atoms with E-state index in [0.29, 0.717) is 18.8 Å². The lowest BCUT2D eigenvalue weighted by molar-refractivity contribution is -0.123. The maximum Gasteiger partial charge on any atom is 0.411 e. The number of rotatable bonds is 3. The molecule has 1 heterocycles. The SMILES string of the molecule is CC(C)(C)OC(=O)N1CCSC1C(=O)NCc1ccc(N)cc1. The van der Waals surface area contributed by atoms with Crippen LogP contribution in [0.2, 0.25) is 0 Å². The molecule has 1 atom stereocenters. The van der Waals surface area contributed by atoms with Crippen molar-refractivity contribution >= 4 is 29.4 Å². The van der Waals surface area contributed by atoms with E-state index in [1.54, 1.807) is 12.1 Å². The molecule has 0 bridgehead atoms. The van der Waals surface area contributed by atoms with Crippen molar-refractivity contribution in [3.8, 4) is 0 Å². The van der Waals surface area contributed by atoms with Crippen LogP contribution in [0.4, 0.5) is 10.5 Å². The highest BCUT2D eigenvalue weighted by Gasteiger charge is 2.37. The van der Waals surface area contributed by atoms with E-state index in [-0.39, 0.29) is 5.91 Å². The van der Waals surface area contributed by atoms with Crippen LogP contribution in [0.3, 0.4) is 0 Å². The van der Waals surface area contributed by atoms with Crippen molar-refractivity contribution < 1.29 is 14.3 Å². The Morgan fingerprint density at radius 2 is 2.00 bits per heavy atom. The average molecular weight is 337 g/mol. The number of nitrogen functional groups attached to an aromatic ring is 1. The predicted octanol–water partition coefficient (Wildman–Crippen LogP) is 2.20. The normalized spacial score (nSPS) is 17.9. The van der Waals surface area contributed by atoms with E-state index in [2.05, 4.69) is 5.32 Å². The molecular formula is C16H23N3O3S. The number of nitrogens with one attached hydrogen (secondary N) is 1. The number of hydrogen-bond acceptors (Lipinski definition) is 5. The molecule has 23 heavy (non-hydrogen) atoms. The molecule has 6 nitrogen and oxygen atoms in total. The number of carbonyl (C=O) groups is 2. The lowest BCUT2D eigenvalue weighted by atomic mass is 10.2. The van der Waals surface area contributed by atoms with E-state index < -0.39 is 17.1 Å². The molecule has 0 spiro atoms. The van der Waals surface area contributed by atoms with E-state index >= 15 is 0 Å². The second-order valence-electron chi connectivity index (χ2n) is 6.36. The summed E-state index contributed by atoms with van der Waals surface area (Å²) in [4.78, 5) is 26.0. The molecule has 126 valence electrons. The molecule has 1 saturated heterocycles. The molecular weight excluding hydrogens is 314 g/mol. The fourth-order valence-electron chi connectivity index (χ4n) is 2.11. The summed E-state index contributed by atoms with van der Waals surface area (Å²) in [7, 11) is 0. The van der Waals surface area contributed by atoms with Crippen molar-refractivity contribution in [1.82, 2.24) is 10.2 Å². The monoisotopic (exact) mass is 337 g/mol. The zero-order valence-corrected chi connectivity index (χ0v) is 14.5. The van der Waals surface area contributed by atoms with E-state index in [0.717, 1.165) is 11.3 Å². The molecule has 2 amide bonds. The van der Waals surface area contributed by atoms with Crippen LogP contribution in [-0.4, -0.2) is 40.2 Å². The summed E-state index contributed by atoms with van der Waals surface area (Å²) in [5.41, 5.74) is 6.70. The van der Waals surface area contributed by atoms with Gasteiger partial charge in [0.05, 0.1) is 0 Å². The molecule has 1 unspecified atom stereocenters. The van der Waals surface area contributed by atoms with Crippen molar-refractivity contribution in [3.05, 3.63) is 29.8 Å². The quantitative estimate of drug-likeness (QED) is 0.826. The van der Waals surface area contributed by atoms with Crippen LogP contribution in [0.1, 0.15) is 26.3 Å². The Bertz CT molecular complexity index is 569. The second kappa shape index (κ2) is 7.12. The van der Waals surface area contributed by atoms with Gasteiger partial charge in [-0.15, -0.1) is 11.8 Å². The van der Waals surface area contributed by atoms with E-state index in [1.165, 1.54) is 16.7 Å². The minimum absolute atomic E-state index is 0.185. The first-order chi connectivity index (χ1) is 10.8. The van der Waals surface area contributed by atoms with Gasteiger partial charge in [0.25, 0.3) is 5.91 Å². The van der Waals surface area contributed by atoms with Gasteiger partial charge in [0, 0.05) is 24.5 Å². The Morgan fingerprint density at radius 1 is 1.35 bits per heavy atom. The number of ether oxygens (including phenoxy) is 1. The summed E-state index contributed by atoms with van der Waals surface area (Å²) < 4.78 is 5.36. The number of hydrogen-bond donors (Lipinski definition) is 2. The van der Waals surface area contributed by atoms with Gasteiger partial charge in [0.15, 0.2) is 5.37 Å². The molecule has 0 aromatic heterocycles. The number of nitrogens with two attached hydrogens (primary N) is 1. The zero-order valence-electron chi connectivity index (χ0n) is 13.7. The van der Waals surface area contributed by atoms with Gasteiger partial charge in [-0.1, -0.05) is 12.1 Å². The van der Waals surface area contributed by atoms with Gasteiger partial charge in [-0.25, -0.2) is 4.79 Å². The van der Waals surface area contributed by atoms with Crippen LogP contribution in [-0.2, 0) is 16.1 Å². The highest BCUT2D eigenvalue weighted by atomic mass is 32.2. The predicted molar refractivity (Wildman–Crippen MR) is 91.9 cm³/mol. The van der Waals surface area contributed by atoms with Gasteiger partial charge in [-0.3, -0.25) is 9.69 Å². The maximum atomic E-state index is 12.4. The number of carbonyl (C=O) groups excluding carboxylic acids is 2. The third kappa shape index (κ3) is 5.06. The number of benzene rings is 1. The molecule has 0 aliphatic carbocycles. The molecule has 0 radical (unpaired) electrons. The third-order valence-corrected chi connectivity index (χ3v) is 4.39. The summed E-state index contributed by atoms with van der Waals surface area (Å²) in [6, 6.07) is 7.31. The summed E-state index contributed by atoms with van der Waals surface area (Å²) in [5, 5.41) is 2.32. The van der Waals surface area contributed by atoms with Gasteiger partial charge in [0.2, 0.25) is 0 Å². The Labute approximate surface area is 140 Å². The van der Waals surface area contributed by atoms with Crippen molar-refractivity contribution in [1.29, 1.82) is 0 Å². The number of amides is 2. The summed E-state index contributed by atoms with van der Waals surface area (Å²) in [6.07, 6.45) is -0.449. The average Bonchev–Trinajstić information content (AvgIpc) is 2.94. The van der Waals surface area contributed by atoms with Crippen LogP contribution < -0.4 is 11.1 Å². The van der Waals surface area contributed by atoms with Gasteiger partial charge < -0.3 is 15.8 Å². The molecule has 1 aliphatic rings. The van der Waals surface area contributed by atoms with E-state index in [9.17, 15) is 9.59 Å². The molecule has 1 aromatic rings.